The fourth-order valence-corrected chi connectivity index (χ4v) is 1.23. The fraction of sp³-hybridized carbons (Fsp3) is 0.462. The summed E-state index contributed by atoms with van der Waals surface area (Å²) in [6.07, 6.45) is -0.628. The van der Waals surface area contributed by atoms with Crippen LogP contribution in [0.1, 0.15) is 31.1 Å². The molecule has 2 N–H and O–H groups in total. The molecule has 0 heterocycles. The highest BCUT2D eigenvalue weighted by atomic mass is 16.5. The summed E-state index contributed by atoms with van der Waals surface area (Å²) in [4.78, 5) is 12.0. The molecule has 0 spiro atoms. The highest BCUT2D eigenvalue weighted by Gasteiger charge is 2.26. The molecule has 0 aliphatic heterocycles. The van der Waals surface area contributed by atoms with E-state index in [0.29, 0.717) is 11.3 Å². The fourth-order valence-electron chi connectivity index (χ4n) is 1.23. The molecule has 4 heteroatoms. The van der Waals surface area contributed by atoms with E-state index in [1.165, 1.54) is 0 Å². The second kappa shape index (κ2) is 5.19. The van der Waals surface area contributed by atoms with Gasteiger partial charge in [-0.3, -0.25) is 4.79 Å². The number of hydrogen-bond donors (Lipinski definition) is 2. The average molecular weight is 237 g/mol. The topological polar surface area (TPSA) is 58.6 Å². The Hall–Kier alpha value is -1.55. The van der Waals surface area contributed by atoms with E-state index in [0.717, 1.165) is 0 Å². The Morgan fingerprint density at radius 1 is 1.47 bits per heavy atom. The maximum atomic E-state index is 12.0. The Labute approximate surface area is 102 Å². The van der Waals surface area contributed by atoms with Gasteiger partial charge in [-0.15, -0.1) is 0 Å². The van der Waals surface area contributed by atoms with Crippen molar-refractivity contribution in [2.45, 2.75) is 32.4 Å². The Balaban J connectivity index is 2.83. The molecule has 0 fully saturated rings. The number of methoxy groups -OCH3 is 1. The maximum absolute atomic E-state index is 12.0. The van der Waals surface area contributed by atoms with Crippen molar-refractivity contribution in [2.24, 2.45) is 0 Å². The Morgan fingerprint density at radius 3 is 2.65 bits per heavy atom. The number of aliphatic hydroxyl groups is 1. The van der Waals surface area contributed by atoms with Crippen LogP contribution in [0, 0.1) is 0 Å². The highest BCUT2D eigenvalue weighted by molar-refractivity contribution is 5.95. The van der Waals surface area contributed by atoms with Gasteiger partial charge in [0, 0.05) is 5.56 Å². The summed E-state index contributed by atoms with van der Waals surface area (Å²) in [5.41, 5.74) is -0.154. The van der Waals surface area contributed by atoms with Crippen LogP contribution in [0.4, 0.5) is 0 Å². The Kier molecular flexibility index (Phi) is 4.12. The van der Waals surface area contributed by atoms with Crippen molar-refractivity contribution < 1.29 is 14.6 Å². The van der Waals surface area contributed by atoms with Gasteiger partial charge in [-0.2, -0.15) is 0 Å². The second-order valence-corrected chi connectivity index (χ2v) is 4.58. The standard InChI is InChI=1S/C13H19NO3/c1-9(15)13(2,3)14-12(16)10-6-5-7-11(8-10)17-4/h5-9,15H,1-4H3,(H,14,16). The van der Waals surface area contributed by atoms with Crippen molar-refractivity contribution >= 4 is 5.91 Å². The number of rotatable bonds is 4. The van der Waals surface area contributed by atoms with Crippen molar-refractivity contribution in [3.63, 3.8) is 0 Å². The van der Waals surface area contributed by atoms with Gasteiger partial charge in [0.05, 0.1) is 18.8 Å². The van der Waals surface area contributed by atoms with Gasteiger partial charge in [0.25, 0.3) is 5.91 Å². The lowest BCUT2D eigenvalue weighted by atomic mass is 9.98. The van der Waals surface area contributed by atoms with Crippen molar-refractivity contribution in [1.82, 2.24) is 5.32 Å². The van der Waals surface area contributed by atoms with Gasteiger partial charge < -0.3 is 15.2 Å². The Morgan fingerprint density at radius 2 is 2.12 bits per heavy atom. The number of hydrogen-bond acceptors (Lipinski definition) is 3. The molecule has 0 radical (unpaired) electrons. The van der Waals surface area contributed by atoms with Gasteiger partial charge in [0.2, 0.25) is 0 Å². The van der Waals surface area contributed by atoms with E-state index in [1.54, 1.807) is 52.1 Å². The molecule has 0 aliphatic rings. The minimum atomic E-state index is -0.667. The first-order valence-electron chi connectivity index (χ1n) is 5.51. The minimum Gasteiger partial charge on any atom is -0.497 e. The van der Waals surface area contributed by atoms with E-state index in [4.69, 9.17) is 4.74 Å². The number of benzene rings is 1. The molecule has 1 atom stereocenters. The number of ether oxygens (including phenoxy) is 1. The van der Waals surface area contributed by atoms with Crippen LogP contribution in [0.3, 0.4) is 0 Å². The third-order valence-electron chi connectivity index (χ3n) is 2.81. The quantitative estimate of drug-likeness (QED) is 0.836. The normalized spacial score (nSPS) is 13.0. The molecule has 94 valence electrons. The molecule has 0 aliphatic carbocycles. The van der Waals surface area contributed by atoms with Crippen LogP contribution < -0.4 is 10.1 Å². The molecular weight excluding hydrogens is 218 g/mol. The highest BCUT2D eigenvalue weighted by Crippen LogP contribution is 2.14. The summed E-state index contributed by atoms with van der Waals surface area (Å²) in [6.45, 7) is 5.19. The first-order chi connectivity index (χ1) is 7.86. The molecule has 1 aromatic carbocycles. The number of nitrogens with one attached hydrogen (secondary N) is 1. The molecule has 0 bridgehead atoms. The van der Waals surface area contributed by atoms with Crippen LogP contribution in [0.15, 0.2) is 24.3 Å². The lowest BCUT2D eigenvalue weighted by Gasteiger charge is -2.29. The molecular formula is C13H19NO3. The molecule has 0 saturated heterocycles. The molecule has 1 unspecified atom stereocenters. The zero-order valence-corrected chi connectivity index (χ0v) is 10.7. The largest absolute Gasteiger partial charge is 0.497 e. The van der Waals surface area contributed by atoms with Crippen molar-refractivity contribution in [1.29, 1.82) is 0 Å². The van der Waals surface area contributed by atoms with E-state index in [2.05, 4.69) is 5.32 Å². The smallest absolute Gasteiger partial charge is 0.251 e. The minimum absolute atomic E-state index is 0.227. The molecule has 4 nitrogen and oxygen atoms in total. The zero-order chi connectivity index (χ0) is 13.1. The monoisotopic (exact) mass is 237 g/mol. The van der Waals surface area contributed by atoms with Gasteiger partial charge >= 0.3 is 0 Å². The Bertz CT molecular complexity index is 399. The summed E-state index contributed by atoms with van der Waals surface area (Å²) in [6, 6.07) is 6.89. The van der Waals surface area contributed by atoms with Crippen molar-refractivity contribution in [2.75, 3.05) is 7.11 Å². The third-order valence-corrected chi connectivity index (χ3v) is 2.81. The summed E-state index contributed by atoms with van der Waals surface area (Å²) in [5, 5.41) is 12.3. The zero-order valence-electron chi connectivity index (χ0n) is 10.7. The summed E-state index contributed by atoms with van der Waals surface area (Å²) >= 11 is 0. The molecule has 0 saturated carbocycles. The van der Waals surface area contributed by atoms with Crippen LogP contribution in [-0.2, 0) is 0 Å². The number of carbonyl (C=O) groups is 1. The van der Waals surface area contributed by atoms with Crippen LogP contribution in [-0.4, -0.2) is 29.8 Å². The van der Waals surface area contributed by atoms with Gasteiger partial charge in [0.15, 0.2) is 0 Å². The van der Waals surface area contributed by atoms with Crippen molar-refractivity contribution in [3.8, 4) is 5.75 Å². The first-order valence-corrected chi connectivity index (χ1v) is 5.51. The molecule has 1 aromatic rings. The van der Waals surface area contributed by atoms with Crippen LogP contribution >= 0.6 is 0 Å². The molecule has 0 aromatic heterocycles. The van der Waals surface area contributed by atoms with Crippen LogP contribution in [0.25, 0.3) is 0 Å². The van der Waals surface area contributed by atoms with Crippen LogP contribution in [0.5, 0.6) is 5.75 Å². The maximum Gasteiger partial charge on any atom is 0.251 e. The van der Waals surface area contributed by atoms with Crippen LogP contribution in [0.2, 0.25) is 0 Å². The summed E-state index contributed by atoms with van der Waals surface area (Å²) < 4.78 is 5.05. The summed E-state index contributed by atoms with van der Waals surface area (Å²) in [5.74, 6) is 0.405. The van der Waals surface area contributed by atoms with Gasteiger partial charge in [-0.1, -0.05) is 6.07 Å². The second-order valence-electron chi connectivity index (χ2n) is 4.58. The van der Waals surface area contributed by atoms with E-state index in [1.807, 2.05) is 0 Å². The molecule has 17 heavy (non-hydrogen) atoms. The number of aliphatic hydroxyl groups excluding tert-OH is 1. The SMILES string of the molecule is COc1cccc(C(=O)NC(C)(C)C(C)O)c1. The lowest BCUT2D eigenvalue weighted by molar-refractivity contribution is 0.0709. The third kappa shape index (κ3) is 3.46. The summed E-state index contributed by atoms with van der Waals surface area (Å²) in [7, 11) is 1.55. The number of carbonyl (C=O) groups excluding carboxylic acids is 1. The molecule has 1 rings (SSSR count). The van der Waals surface area contributed by atoms with Gasteiger partial charge in [-0.25, -0.2) is 0 Å². The predicted molar refractivity (Wildman–Crippen MR) is 66.2 cm³/mol. The molecule has 1 amide bonds. The van der Waals surface area contributed by atoms with Gasteiger partial charge in [0.1, 0.15) is 5.75 Å². The predicted octanol–water partition coefficient (Wildman–Crippen LogP) is 1.58. The number of amides is 1. The van der Waals surface area contributed by atoms with E-state index in [-0.39, 0.29) is 5.91 Å². The van der Waals surface area contributed by atoms with Gasteiger partial charge in [-0.05, 0) is 39.0 Å². The van der Waals surface area contributed by atoms with Crippen molar-refractivity contribution in [3.05, 3.63) is 29.8 Å². The first kappa shape index (κ1) is 13.5. The van der Waals surface area contributed by atoms with E-state index < -0.39 is 11.6 Å². The lowest BCUT2D eigenvalue weighted by Crippen LogP contribution is -2.50. The van der Waals surface area contributed by atoms with E-state index >= 15 is 0 Å². The van der Waals surface area contributed by atoms with E-state index in [9.17, 15) is 9.90 Å². The average Bonchev–Trinajstić information content (AvgIpc) is 2.28.